The first-order chi connectivity index (χ1) is 20.6. The summed E-state index contributed by atoms with van der Waals surface area (Å²) in [6.07, 6.45) is 1.11. The average Bonchev–Trinajstić information content (AvgIpc) is 3.26. The number of aryl methyl sites for hydroxylation is 1. The molecule has 1 aliphatic carbocycles. The third kappa shape index (κ3) is 7.04. The first kappa shape index (κ1) is 34.5. The van der Waals surface area contributed by atoms with Crippen LogP contribution >= 0.6 is 0 Å². The van der Waals surface area contributed by atoms with Gasteiger partial charge < -0.3 is 0 Å². The van der Waals surface area contributed by atoms with Gasteiger partial charge >= 0.3 is 279 Å². The summed E-state index contributed by atoms with van der Waals surface area (Å²) in [7, 11) is 8.53. The Morgan fingerprint density at radius 2 is 1.30 bits per heavy atom. The van der Waals surface area contributed by atoms with Crippen LogP contribution in [0.5, 0.6) is 5.75 Å². The van der Waals surface area contributed by atoms with E-state index in [0.717, 1.165) is 12.2 Å². The van der Waals surface area contributed by atoms with Crippen LogP contribution in [0.4, 0.5) is 11.4 Å². The second kappa shape index (κ2) is 13.5. The average molecular weight is 641 g/mol. The van der Waals surface area contributed by atoms with Crippen LogP contribution in [0.25, 0.3) is 0 Å². The molecule has 0 radical (unpaired) electrons. The molecular weight excluding hydrogens is 585 g/mol. The number of nitrogens with zero attached hydrogens (tertiary/aromatic N) is 2. The summed E-state index contributed by atoms with van der Waals surface area (Å²) in [5, 5.41) is 3.15. The number of para-hydroxylation sites is 2. The van der Waals surface area contributed by atoms with Gasteiger partial charge in [0.15, 0.2) is 0 Å². The second-order valence-corrected chi connectivity index (χ2v) is 23.6. The first-order valence-corrected chi connectivity index (χ1v) is 22.6. The van der Waals surface area contributed by atoms with E-state index in [-0.39, 0.29) is 5.41 Å². The van der Waals surface area contributed by atoms with Gasteiger partial charge in [-0.3, -0.25) is 0 Å². The predicted molar refractivity (Wildman–Crippen MR) is 193 cm³/mol. The Hall–Kier alpha value is -2.37. The number of hydrogen-bond donors (Lipinski definition) is 0. The maximum absolute atomic E-state index is 6.27. The molecule has 44 heavy (non-hydrogen) atoms. The van der Waals surface area contributed by atoms with Crippen molar-refractivity contribution in [3.63, 3.8) is 0 Å². The summed E-state index contributed by atoms with van der Waals surface area (Å²) in [5.74, 6) is 1.11. The Bertz CT molecular complexity index is 1520. The molecule has 0 saturated carbocycles. The van der Waals surface area contributed by atoms with Gasteiger partial charge in [-0.15, -0.1) is 0 Å². The molecular formula is C39H55N2OScSi. The number of allylic oxidation sites excluding steroid dienone is 4. The van der Waals surface area contributed by atoms with E-state index < -0.39 is 29.5 Å². The molecule has 234 valence electrons. The zero-order chi connectivity index (χ0) is 32.6. The summed E-state index contributed by atoms with van der Waals surface area (Å²) in [5.41, 5.74) is 11.6. The van der Waals surface area contributed by atoms with Crippen molar-refractivity contribution in [2.75, 3.05) is 45.1 Å². The Kier molecular flexibility index (Phi) is 10.6. The number of methoxy groups -OCH3 is 1. The van der Waals surface area contributed by atoms with Gasteiger partial charge in [-0.1, -0.05) is 0 Å². The van der Waals surface area contributed by atoms with Crippen LogP contribution in [0, 0.1) is 6.92 Å². The summed E-state index contributed by atoms with van der Waals surface area (Å²) < 4.78 is 10.4. The molecule has 3 nitrogen and oxygen atoms in total. The van der Waals surface area contributed by atoms with Gasteiger partial charge in [0.2, 0.25) is 0 Å². The van der Waals surface area contributed by atoms with Crippen molar-refractivity contribution in [1.29, 1.82) is 0 Å². The van der Waals surface area contributed by atoms with Gasteiger partial charge in [-0.25, -0.2) is 0 Å². The molecule has 5 heteroatoms. The molecule has 0 amide bonds. The van der Waals surface area contributed by atoms with Crippen molar-refractivity contribution in [2.45, 2.75) is 74.8 Å². The Morgan fingerprint density at radius 1 is 0.795 bits per heavy atom. The number of rotatable bonds is 10. The van der Waals surface area contributed by atoms with Crippen molar-refractivity contribution in [1.82, 2.24) is 0 Å². The Labute approximate surface area is 277 Å². The molecule has 0 atom stereocenters. The molecule has 0 bridgehead atoms. The standard InChI is InChI=1S/C21H31OSi.2C9H12N.Sc/c1-14-10-16(3)18(12-14)23(8,9)19-13-15(2)11-17(20(19)22-7)21(4,5)6;2*1-8-6-4-5-7-9(8)10(2)3;/h11,13H,12H2,1-9H3;2*4-7H,1H2,2-3H3;. The van der Waals surface area contributed by atoms with E-state index in [1.54, 1.807) is 19.7 Å². The van der Waals surface area contributed by atoms with Gasteiger partial charge in [-0.2, -0.15) is 0 Å². The van der Waals surface area contributed by atoms with Crippen LogP contribution in [0.3, 0.4) is 0 Å². The van der Waals surface area contributed by atoms with Crippen LogP contribution in [0.15, 0.2) is 80.3 Å². The molecule has 0 fully saturated rings. The fraction of sp³-hybridized carbons (Fsp3) is 0.436. The Balaban J connectivity index is 1.87. The van der Waals surface area contributed by atoms with E-state index >= 15 is 0 Å². The van der Waals surface area contributed by atoms with Gasteiger partial charge in [0.05, 0.1) is 0 Å². The molecule has 1 aliphatic rings. The van der Waals surface area contributed by atoms with Gasteiger partial charge in [0.25, 0.3) is 0 Å². The minimum atomic E-state index is -2.16. The van der Waals surface area contributed by atoms with Crippen molar-refractivity contribution in [3.05, 3.63) is 103 Å². The molecule has 0 N–H and O–H groups in total. The van der Waals surface area contributed by atoms with E-state index in [1.807, 2.05) is 7.11 Å². The number of hydrogen-bond acceptors (Lipinski definition) is 3. The molecule has 3 aromatic carbocycles. The van der Waals surface area contributed by atoms with E-state index in [9.17, 15) is 0 Å². The molecule has 0 aliphatic heterocycles. The van der Waals surface area contributed by atoms with Crippen LogP contribution in [0.1, 0.15) is 63.3 Å². The van der Waals surface area contributed by atoms with E-state index in [4.69, 9.17) is 4.74 Å². The number of anilines is 2. The van der Waals surface area contributed by atoms with Crippen LogP contribution in [-0.4, -0.2) is 43.4 Å². The summed E-state index contributed by atoms with van der Waals surface area (Å²) in [6, 6.07) is 22.9. The normalized spacial score (nSPS) is 13.9. The zero-order valence-electron chi connectivity index (χ0n) is 29.8. The minimum absolute atomic E-state index is 0.0229. The third-order valence-electron chi connectivity index (χ3n) is 9.72. The maximum atomic E-state index is 6.27. The number of benzene rings is 3. The van der Waals surface area contributed by atoms with Crippen molar-refractivity contribution in [3.8, 4) is 5.75 Å². The Morgan fingerprint density at radius 3 is 1.75 bits per heavy atom. The molecule has 0 unspecified atom stereocenters. The topological polar surface area (TPSA) is 15.7 Å². The number of ether oxygens (including phenoxy) is 1. The van der Waals surface area contributed by atoms with Crippen molar-refractivity contribution >= 4 is 24.6 Å². The van der Waals surface area contributed by atoms with Crippen LogP contribution < -0.4 is 19.7 Å². The summed E-state index contributed by atoms with van der Waals surface area (Å²) in [6.45, 7) is 19.2. The third-order valence-corrected chi connectivity index (χ3v) is 19.1. The monoisotopic (exact) mass is 640 g/mol. The van der Waals surface area contributed by atoms with E-state index in [2.05, 4.69) is 153 Å². The quantitative estimate of drug-likeness (QED) is 0.206. The van der Waals surface area contributed by atoms with Crippen molar-refractivity contribution in [2.24, 2.45) is 0 Å². The molecule has 3 aromatic rings. The predicted octanol–water partition coefficient (Wildman–Crippen LogP) is 8.90. The second-order valence-electron chi connectivity index (χ2n) is 14.9. The fourth-order valence-corrected chi connectivity index (χ4v) is 17.3. The van der Waals surface area contributed by atoms with Gasteiger partial charge in [0.1, 0.15) is 0 Å². The van der Waals surface area contributed by atoms with Gasteiger partial charge in [-0.05, 0) is 0 Å². The fourth-order valence-electron chi connectivity index (χ4n) is 7.54. The van der Waals surface area contributed by atoms with E-state index in [0.29, 0.717) is 0 Å². The van der Waals surface area contributed by atoms with Crippen LogP contribution in [-0.2, 0) is 35.2 Å². The van der Waals surface area contributed by atoms with Crippen LogP contribution in [0.2, 0.25) is 13.1 Å². The molecule has 0 aromatic heterocycles. The molecule has 0 spiro atoms. The summed E-state index contributed by atoms with van der Waals surface area (Å²) >= 11 is -2.16. The SMILES string of the molecule is COc1c(C(C)(C)C)cc(C)cc1[Si](C)(C)C1=C(C)[C]([Sc]([CH2]c2ccccc2N(C)C)[CH2]c2ccccc2N(C)C)=C(C)C1. The molecule has 0 saturated heterocycles. The molecule has 4 rings (SSSR count). The van der Waals surface area contributed by atoms with Crippen molar-refractivity contribution < 1.29 is 26.2 Å². The molecule has 0 heterocycles. The first-order valence-electron chi connectivity index (χ1n) is 16.2. The van der Waals surface area contributed by atoms with Gasteiger partial charge in [0, 0.05) is 0 Å². The summed E-state index contributed by atoms with van der Waals surface area (Å²) in [4.78, 5) is 4.58. The zero-order valence-corrected chi connectivity index (χ0v) is 32.6. The van der Waals surface area contributed by atoms with E-state index in [1.165, 1.54) is 47.2 Å².